The van der Waals surface area contributed by atoms with Crippen molar-refractivity contribution in [2.75, 3.05) is 26.8 Å². The second-order valence-corrected chi connectivity index (χ2v) is 6.21. The van der Waals surface area contributed by atoms with Gasteiger partial charge in [-0.05, 0) is 24.3 Å². The Hall–Kier alpha value is -2.86. The molecule has 4 rings (SSSR count). The summed E-state index contributed by atoms with van der Waals surface area (Å²) in [6.07, 6.45) is 4.56. The molecule has 1 N–H and O–H groups in total. The number of benzene rings is 1. The maximum atomic E-state index is 5.97. The summed E-state index contributed by atoms with van der Waals surface area (Å²) in [4.78, 5) is 14.8. The van der Waals surface area contributed by atoms with Gasteiger partial charge in [-0.2, -0.15) is 0 Å². The topological polar surface area (TPSA) is 63.3 Å². The summed E-state index contributed by atoms with van der Waals surface area (Å²) < 4.78 is 11.3. The molecule has 1 aliphatic rings. The molecule has 1 aromatic carbocycles. The minimum Gasteiger partial charge on any atom is -0.493 e. The summed E-state index contributed by atoms with van der Waals surface area (Å²) in [6.45, 7) is 2.29. The minimum absolute atomic E-state index is 0.0486. The summed E-state index contributed by atoms with van der Waals surface area (Å²) in [5, 5.41) is 0. The highest BCUT2D eigenvalue weighted by molar-refractivity contribution is 5.39. The molecular weight excluding hydrogens is 328 g/mol. The predicted molar refractivity (Wildman–Crippen MR) is 98.4 cm³/mol. The molecule has 1 aliphatic heterocycles. The first-order valence-electron chi connectivity index (χ1n) is 8.80. The van der Waals surface area contributed by atoms with Gasteiger partial charge in [0.1, 0.15) is 6.61 Å². The number of ether oxygens (including phenoxy) is 2. The van der Waals surface area contributed by atoms with Crippen LogP contribution in [0.1, 0.15) is 23.1 Å². The predicted octanol–water partition coefficient (Wildman–Crippen LogP) is 2.84. The second kappa shape index (κ2) is 7.58. The highest BCUT2D eigenvalue weighted by Gasteiger charge is 2.31. The van der Waals surface area contributed by atoms with E-state index in [1.165, 1.54) is 5.69 Å². The monoisotopic (exact) mass is 350 g/mol. The molecule has 0 saturated carbocycles. The molecule has 0 aliphatic carbocycles. The molecule has 0 spiro atoms. The number of H-pyrrole nitrogens is 1. The van der Waals surface area contributed by atoms with Crippen molar-refractivity contribution in [3.05, 3.63) is 72.1 Å². The van der Waals surface area contributed by atoms with Gasteiger partial charge in [0.05, 0.1) is 30.9 Å². The van der Waals surface area contributed by atoms with E-state index in [9.17, 15) is 0 Å². The van der Waals surface area contributed by atoms with Gasteiger partial charge >= 0.3 is 0 Å². The van der Waals surface area contributed by atoms with E-state index in [0.717, 1.165) is 42.4 Å². The van der Waals surface area contributed by atoms with E-state index < -0.39 is 0 Å². The van der Waals surface area contributed by atoms with Crippen molar-refractivity contribution in [3.63, 3.8) is 0 Å². The molecule has 3 heterocycles. The fourth-order valence-corrected chi connectivity index (χ4v) is 3.44. The average Bonchev–Trinajstić information content (AvgIpc) is 3.17. The van der Waals surface area contributed by atoms with Gasteiger partial charge in [0.2, 0.25) is 0 Å². The summed E-state index contributed by atoms with van der Waals surface area (Å²) >= 11 is 0. The number of fused-ring (bicyclic) bond motifs is 1. The van der Waals surface area contributed by atoms with Gasteiger partial charge in [0.15, 0.2) is 11.5 Å². The number of imidazole rings is 1. The van der Waals surface area contributed by atoms with Gasteiger partial charge in [-0.1, -0.05) is 18.2 Å². The first kappa shape index (κ1) is 16.6. The quantitative estimate of drug-likeness (QED) is 0.741. The SMILES string of the molecule is COc1ccccc1OCCN1CCc2[nH]cnc2[C@@H]1c1ccccn1. The van der Waals surface area contributed by atoms with E-state index in [0.29, 0.717) is 6.61 Å². The largest absolute Gasteiger partial charge is 0.493 e. The molecule has 6 heteroatoms. The molecule has 6 nitrogen and oxygen atoms in total. The fraction of sp³-hybridized carbons (Fsp3) is 0.300. The zero-order valence-electron chi connectivity index (χ0n) is 14.8. The van der Waals surface area contributed by atoms with Gasteiger partial charge in [-0.3, -0.25) is 9.88 Å². The van der Waals surface area contributed by atoms with Crippen LogP contribution in [0.5, 0.6) is 11.5 Å². The number of nitrogens with zero attached hydrogens (tertiary/aromatic N) is 3. The Balaban J connectivity index is 1.50. The summed E-state index contributed by atoms with van der Waals surface area (Å²) in [6, 6.07) is 13.8. The number of aromatic amines is 1. The van der Waals surface area contributed by atoms with Gasteiger partial charge in [0.25, 0.3) is 0 Å². The van der Waals surface area contributed by atoms with Crippen molar-refractivity contribution in [2.24, 2.45) is 0 Å². The molecule has 0 saturated heterocycles. The van der Waals surface area contributed by atoms with E-state index in [1.807, 2.05) is 42.6 Å². The molecular formula is C20H22N4O2. The standard InChI is InChI=1S/C20H22N4O2/c1-25-17-7-2-3-8-18(17)26-13-12-24-11-9-15-19(23-14-22-15)20(24)16-6-4-5-10-21-16/h2-8,10,14,20H,9,11-13H2,1H3,(H,22,23)/t20-/m0/s1. The van der Waals surface area contributed by atoms with Crippen LogP contribution in [0.25, 0.3) is 0 Å². The Kier molecular flexibility index (Phi) is 4.84. The third kappa shape index (κ3) is 3.28. The van der Waals surface area contributed by atoms with Crippen molar-refractivity contribution in [1.82, 2.24) is 19.9 Å². The lowest BCUT2D eigenvalue weighted by Gasteiger charge is -2.34. The van der Waals surface area contributed by atoms with Crippen molar-refractivity contribution < 1.29 is 9.47 Å². The van der Waals surface area contributed by atoms with Crippen LogP contribution in [-0.2, 0) is 6.42 Å². The van der Waals surface area contributed by atoms with Crippen molar-refractivity contribution in [2.45, 2.75) is 12.5 Å². The van der Waals surface area contributed by atoms with Crippen LogP contribution >= 0.6 is 0 Å². The Morgan fingerprint density at radius 2 is 1.96 bits per heavy atom. The van der Waals surface area contributed by atoms with Crippen LogP contribution in [-0.4, -0.2) is 46.7 Å². The lowest BCUT2D eigenvalue weighted by Crippen LogP contribution is -2.39. The molecule has 134 valence electrons. The first-order chi connectivity index (χ1) is 12.9. The molecule has 0 unspecified atom stereocenters. The number of nitrogens with one attached hydrogen (secondary N) is 1. The molecule has 2 aromatic heterocycles. The number of aromatic nitrogens is 3. The summed E-state index contributed by atoms with van der Waals surface area (Å²) in [5.74, 6) is 1.52. The molecule has 0 amide bonds. The molecule has 0 fully saturated rings. The minimum atomic E-state index is 0.0486. The Bertz CT molecular complexity index is 850. The highest BCUT2D eigenvalue weighted by atomic mass is 16.5. The number of para-hydroxylation sites is 2. The van der Waals surface area contributed by atoms with E-state index in [2.05, 4.69) is 25.9 Å². The van der Waals surface area contributed by atoms with Crippen molar-refractivity contribution in [1.29, 1.82) is 0 Å². The summed E-state index contributed by atoms with van der Waals surface area (Å²) in [7, 11) is 1.66. The third-order valence-electron chi connectivity index (χ3n) is 4.70. The number of hydrogen-bond donors (Lipinski definition) is 1. The number of methoxy groups -OCH3 is 1. The molecule has 0 radical (unpaired) electrons. The maximum Gasteiger partial charge on any atom is 0.161 e. The number of rotatable bonds is 6. The Labute approximate surface area is 152 Å². The van der Waals surface area contributed by atoms with Crippen LogP contribution in [0, 0.1) is 0 Å². The molecule has 3 aromatic rings. The third-order valence-corrected chi connectivity index (χ3v) is 4.70. The van der Waals surface area contributed by atoms with E-state index >= 15 is 0 Å². The maximum absolute atomic E-state index is 5.97. The zero-order valence-corrected chi connectivity index (χ0v) is 14.8. The lowest BCUT2D eigenvalue weighted by molar-refractivity contribution is 0.163. The first-order valence-corrected chi connectivity index (χ1v) is 8.80. The molecule has 1 atom stereocenters. The highest BCUT2D eigenvalue weighted by Crippen LogP contribution is 2.32. The zero-order chi connectivity index (χ0) is 17.8. The smallest absolute Gasteiger partial charge is 0.161 e. The average molecular weight is 350 g/mol. The van der Waals surface area contributed by atoms with Gasteiger partial charge in [-0.15, -0.1) is 0 Å². The van der Waals surface area contributed by atoms with E-state index in [-0.39, 0.29) is 6.04 Å². The number of pyridine rings is 1. The van der Waals surface area contributed by atoms with Crippen LogP contribution in [0.2, 0.25) is 0 Å². The van der Waals surface area contributed by atoms with Crippen molar-refractivity contribution >= 4 is 0 Å². The van der Waals surface area contributed by atoms with Crippen LogP contribution in [0.3, 0.4) is 0 Å². The second-order valence-electron chi connectivity index (χ2n) is 6.21. The summed E-state index contributed by atoms with van der Waals surface area (Å²) in [5.41, 5.74) is 3.27. The van der Waals surface area contributed by atoms with E-state index in [4.69, 9.17) is 9.47 Å². The fourth-order valence-electron chi connectivity index (χ4n) is 3.44. The molecule has 26 heavy (non-hydrogen) atoms. The van der Waals surface area contributed by atoms with Gasteiger partial charge in [-0.25, -0.2) is 4.98 Å². The Morgan fingerprint density at radius 3 is 2.77 bits per heavy atom. The lowest BCUT2D eigenvalue weighted by atomic mass is 9.99. The van der Waals surface area contributed by atoms with Crippen LogP contribution in [0.4, 0.5) is 0 Å². The van der Waals surface area contributed by atoms with Crippen molar-refractivity contribution in [3.8, 4) is 11.5 Å². The van der Waals surface area contributed by atoms with Crippen LogP contribution < -0.4 is 9.47 Å². The molecule has 0 bridgehead atoms. The normalized spacial score (nSPS) is 16.9. The van der Waals surface area contributed by atoms with Gasteiger partial charge < -0.3 is 14.5 Å². The number of hydrogen-bond acceptors (Lipinski definition) is 5. The van der Waals surface area contributed by atoms with Crippen LogP contribution in [0.15, 0.2) is 55.0 Å². The van der Waals surface area contributed by atoms with Gasteiger partial charge in [0, 0.05) is 31.4 Å². The van der Waals surface area contributed by atoms with E-state index in [1.54, 1.807) is 13.4 Å². The Morgan fingerprint density at radius 1 is 1.12 bits per heavy atom.